The van der Waals surface area contributed by atoms with E-state index >= 15 is 0 Å². The summed E-state index contributed by atoms with van der Waals surface area (Å²) in [4.78, 5) is 4.19. The van der Waals surface area contributed by atoms with Gasteiger partial charge >= 0.3 is 0 Å². The van der Waals surface area contributed by atoms with Crippen LogP contribution in [-0.4, -0.2) is 12.5 Å². The first-order chi connectivity index (χ1) is 7.49. The second kappa shape index (κ2) is 6.33. The summed E-state index contributed by atoms with van der Waals surface area (Å²) in [5, 5.41) is 3.03. The van der Waals surface area contributed by atoms with E-state index in [1.165, 1.54) is 11.3 Å². The first-order valence-corrected chi connectivity index (χ1v) is 6.53. The van der Waals surface area contributed by atoms with Gasteiger partial charge in [0.05, 0.1) is 15.2 Å². The van der Waals surface area contributed by atoms with Crippen LogP contribution >= 0.6 is 34.5 Å². The molecule has 90 valence electrons. The highest BCUT2D eigenvalue weighted by Crippen LogP contribution is 2.31. The van der Waals surface area contributed by atoms with Gasteiger partial charge in [0.1, 0.15) is 0 Å². The fourth-order valence-electron chi connectivity index (χ4n) is 1.02. The maximum Gasteiger partial charge on any atom is 0.188 e. The molecule has 0 atom stereocenters. The van der Waals surface area contributed by atoms with Crippen molar-refractivity contribution in [3.63, 3.8) is 0 Å². The first-order valence-electron chi connectivity index (χ1n) is 4.96. The third-order valence-corrected chi connectivity index (χ3v) is 3.41. The second-order valence-corrected chi connectivity index (χ2v) is 6.11. The molecule has 3 nitrogen and oxygen atoms in total. The molecule has 0 saturated heterocycles. The molecule has 0 aromatic carbocycles. The van der Waals surface area contributed by atoms with E-state index in [9.17, 15) is 0 Å². The second-order valence-electron chi connectivity index (χ2n) is 3.83. The predicted molar refractivity (Wildman–Crippen MR) is 72.5 cm³/mol. The molecule has 16 heavy (non-hydrogen) atoms. The van der Waals surface area contributed by atoms with Crippen LogP contribution in [0.4, 0.5) is 0 Å². The van der Waals surface area contributed by atoms with Crippen molar-refractivity contribution < 1.29 is 0 Å². The molecule has 3 N–H and O–H groups in total. The van der Waals surface area contributed by atoms with Gasteiger partial charge in [-0.15, -0.1) is 11.3 Å². The maximum absolute atomic E-state index is 5.96. The lowest BCUT2D eigenvalue weighted by atomic mass is 10.2. The van der Waals surface area contributed by atoms with E-state index in [2.05, 4.69) is 24.2 Å². The molecule has 0 aliphatic heterocycles. The van der Waals surface area contributed by atoms with Gasteiger partial charge in [-0.3, -0.25) is 0 Å². The Balaban J connectivity index is 2.49. The standard InChI is InChI=1S/C10H15Cl2N3S/c1-6(2)4-14-10(13)15-5-7-3-8(11)16-9(7)12/h3,6H,4-5H2,1-2H3,(H3,13,14,15). The normalized spacial score (nSPS) is 12.2. The van der Waals surface area contributed by atoms with E-state index in [1.807, 2.05) is 6.07 Å². The maximum atomic E-state index is 5.96. The van der Waals surface area contributed by atoms with Crippen LogP contribution in [0.3, 0.4) is 0 Å². The summed E-state index contributed by atoms with van der Waals surface area (Å²) in [6.07, 6.45) is 0. The third-order valence-electron chi connectivity index (χ3n) is 1.84. The number of aliphatic imine (C=N–C) groups is 1. The molecule has 0 bridgehead atoms. The van der Waals surface area contributed by atoms with Gasteiger partial charge in [0.25, 0.3) is 0 Å². The fourth-order valence-corrected chi connectivity index (χ4v) is 2.49. The Morgan fingerprint density at radius 3 is 2.75 bits per heavy atom. The van der Waals surface area contributed by atoms with Crippen molar-refractivity contribution in [3.8, 4) is 0 Å². The molecule has 6 heteroatoms. The van der Waals surface area contributed by atoms with Crippen LogP contribution in [0, 0.1) is 5.92 Å². The number of rotatable bonds is 4. The first kappa shape index (κ1) is 13.6. The number of nitrogens with one attached hydrogen (secondary N) is 1. The lowest BCUT2D eigenvalue weighted by molar-refractivity contribution is 0.622. The zero-order valence-electron chi connectivity index (χ0n) is 9.26. The van der Waals surface area contributed by atoms with Crippen LogP contribution in [-0.2, 0) is 6.54 Å². The molecule has 0 unspecified atom stereocenters. The van der Waals surface area contributed by atoms with E-state index < -0.39 is 0 Å². The van der Waals surface area contributed by atoms with Crippen LogP contribution < -0.4 is 11.1 Å². The van der Waals surface area contributed by atoms with E-state index in [1.54, 1.807) is 0 Å². The summed E-state index contributed by atoms with van der Waals surface area (Å²) < 4.78 is 1.34. The molecule has 0 fully saturated rings. The molecule has 1 rings (SSSR count). The van der Waals surface area contributed by atoms with Crippen molar-refractivity contribution in [1.29, 1.82) is 0 Å². The largest absolute Gasteiger partial charge is 0.370 e. The van der Waals surface area contributed by atoms with Gasteiger partial charge in [-0.05, 0) is 12.0 Å². The summed E-state index contributed by atoms with van der Waals surface area (Å²) in [6.45, 7) is 5.48. The Labute approximate surface area is 110 Å². The van der Waals surface area contributed by atoms with Gasteiger partial charge in [-0.2, -0.15) is 0 Å². The minimum Gasteiger partial charge on any atom is -0.370 e. The Kier molecular flexibility index (Phi) is 5.38. The molecule has 1 heterocycles. The van der Waals surface area contributed by atoms with Crippen LogP contribution in [0.5, 0.6) is 0 Å². The van der Waals surface area contributed by atoms with Crippen molar-refractivity contribution in [2.24, 2.45) is 16.6 Å². The Hall–Kier alpha value is -0.450. The molecule has 1 aromatic heterocycles. The molecular weight excluding hydrogens is 265 g/mol. The summed E-state index contributed by atoms with van der Waals surface area (Å²) in [5.41, 5.74) is 6.60. The number of hydrogen-bond acceptors (Lipinski definition) is 2. The van der Waals surface area contributed by atoms with E-state index in [0.717, 1.165) is 12.1 Å². The lowest BCUT2D eigenvalue weighted by Crippen LogP contribution is -2.34. The number of hydrogen-bond donors (Lipinski definition) is 2. The van der Waals surface area contributed by atoms with Gasteiger partial charge in [-0.25, -0.2) is 4.99 Å². The zero-order chi connectivity index (χ0) is 12.1. The van der Waals surface area contributed by atoms with Crippen molar-refractivity contribution >= 4 is 40.5 Å². The molecule has 0 spiro atoms. The van der Waals surface area contributed by atoms with Gasteiger partial charge in [-0.1, -0.05) is 37.0 Å². The predicted octanol–water partition coefficient (Wildman–Crippen LogP) is 3.12. The number of halogens is 2. The van der Waals surface area contributed by atoms with Crippen molar-refractivity contribution in [3.05, 3.63) is 20.3 Å². The lowest BCUT2D eigenvalue weighted by Gasteiger charge is -2.07. The number of nitrogens with two attached hydrogens (primary N) is 1. The fraction of sp³-hybridized carbons (Fsp3) is 0.500. The van der Waals surface area contributed by atoms with Crippen LogP contribution in [0.1, 0.15) is 19.4 Å². The average Bonchev–Trinajstić information content (AvgIpc) is 2.51. The molecule has 0 aliphatic rings. The van der Waals surface area contributed by atoms with Crippen molar-refractivity contribution in [2.75, 3.05) is 6.54 Å². The third kappa shape index (κ3) is 4.60. The molecular formula is C10H15Cl2N3S. The van der Waals surface area contributed by atoms with Crippen LogP contribution in [0.2, 0.25) is 8.67 Å². The Morgan fingerprint density at radius 1 is 1.56 bits per heavy atom. The van der Waals surface area contributed by atoms with Crippen molar-refractivity contribution in [1.82, 2.24) is 5.32 Å². The number of guanidine groups is 1. The number of nitrogens with zero attached hydrogens (tertiary/aromatic N) is 1. The van der Waals surface area contributed by atoms with Crippen LogP contribution in [0.25, 0.3) is 0 Å². The Morgan fingerprint density at radius 2 is 2.25 bits per heavy atom. The summed E-state index contributed by atoms with van der Waals surface area (Å²) in [6, 6.07) is 1.81. The average molecular weight is 280 g/mol. The Bertz CT molecular complexity index is 374. The summed E-state index contributed by atoms with van der Waals surface area (Å²) in [7, 11) is 0. The monoisotopic (exact) mass is 279 g/mol. The SMILES string of the molecule is CC(C)CNC(N)=NCc1cc(Cl)sc1Cl. The van der Waals surface area contributed by atoms with Gasteiger partial charge in [0.15, 0.2) is 5.96 Å². The molecule has 0 saturated carbocycles. The summed E-state index contributed by atoms with van der Waals surface area (Å²) >= 11 is 13.1. The smallest absolute Gasteiger partial charge is 0.188 e. The molecule has 1 aromatic rings. The minimum atomic E-state index is 0.437. The highest BCUT2D eigenvalue weighted by molar-refractivity contribution is 7.20. The van der Waals surface area contributed by atoms with Crippen LogP contribution in [0.15, 0.2) is 11.1 Å². The van der Waals surface area contributed by atoms with E-state index in [0.29, 0.717) is 27.1 Å². The number of thiophene rings is 1. The van der Waals surface area contributed by atoms with E-state index in [4.69, 9.17) is 28.9 Å². The van der Waals surface area contributed by atoms with Gasteiger partial charge in [0, 0.05) is 12.1 Å². The zero-order valence-corrected chi connectivity index (χ0v) is 11.6. The quantitative estimate of drug-likeness (QED) is 0.657. The van der Waals surface area contributed by atoms with Gasteiger partial charge < -0.3 is 11.1 Å². The highest BCUT2D eigenvalue weighted by Gasteiger charge is 2.05. The molecule has 0 aliphatic carbocycles. The van der Waals surface area contributed by atoms with Crippen molar-refractivity contribution in [2.45, 2.75) is 20.4 Å². The molecule has 0 radical (unpaired) electrons. The molecule has 0 amide bonds. The highest BCUT2D eigenvalue weighted by atomic mass is 35.5. The van der Waals surface area contributed by atoms with E-state index in [-0.39, 0.29) is 0 Å². The minimum absolute atomic E-state index is 0.437. The topological polar surface area (TPSA) is 50.4 Å². The summed E-state index contributed by atoms with van der Waals surface area (Å²) in [5.74, 6) is 0.972. The van der Waals surface area contributed by atoms with Gasteiger partial charge in [0.2, 0.25) is 0 Å².